The average Bonchev–Trinajstić information content (AvgIpc) is 2.44. The Labute approximate surface area is 113 Å². The fraction of sp³-hybridized carbons (Fsp3) is 0.692. The van der Waals surface area contributed by atoms with Crippen molar-refractivity contribution in [2.75, 3.05) is 26.9 Å². The van der Waals surface area contributed by atoms with E-state index in [1.807, 2.05) is 0 Å². The average molecular weight is 274 g/mol. The van der Waals surface area contributed by atoms with Crippen molar-refractivity contribution in [3.8, 4) is 0 Å². The normalized spacial score (nSPS) is 35.0. The maximum Gasteiger partial charge on any atom is 0.186 e. The third-order valence-electron chi connectivity index (χ3n) is 2.84. The fourth-order valence-electron chi connectivity index (χ4n) is 1.97. The van der Waals surface area contributed by atoms with Gasteiger partial charge < -0.3 is 29.2 Å². The van der Waals surface area contributed by atoms with Gasteiger partial charge in [0.05, 0.1) is 19.8 Å². The molecule has 0 saturated carbocycles. The minimum Gasteiger partial charge on any atom is -0.394 e. The van der Waals surface area contributed by atoms with E-state index < -0.39 is 30.7 Å². The molecule has 0 aromatic carbocycles. The molecule has 1 aliphatic heterocycles. The topological polar surface area (TPSA) is 77.4 Å². The molecule has 1 rings (SSSR count). The quantitative estimate of drug-likeness (QED) is 0.600. The highest BCUT2D eigenvalue weighted by Crippen LogP contribution is 2.26. The zero-order valence-electron chi connectivity index (χ0n) is 11.1. The number of aliphatic hydroxyl groups excluding tert-OH is 2. The summed E-state index contributed by atoms with van der Waals surface area (Å²) in [5, 5.41) is 19.6. The summed E-state index contributed by atoms with van der Waals surface area (Å²) in [5.74, 6) is 0. The summed E-state index contributed by atoms with van der Waals surface area (Å²) in [6.07, 6.45) is -0.708. The number of aliphatic hydroxyl groups is 2. The predicted molar refractivity (Wildman–Crippen MR) is 68.6 cm³/mol. The molecular weight excluding hydrogens is 252 g/mol. The Hall–Kier alpha value is -0.760. The molecule has 0 aromatic heterocycles. The van der Waals surface area contributed by atoms with Gasteiger partial charge in [-0.25, -0.2) is 0 Å². The summed E-state index contributed by atoms with van der Waals surface area (Å²) in [5.41, 5.74) is 0. The Morgan fingerprint density at radius 1 is 1.16 bits per heavy atom. The lowest BCUT2D eigenvalue weighted by molar-refractivity contribution is -0.307. The van der Waals surface area contributed by atoms with Crippen LogP contribution in [0.4, 0.5) is 0 Å². The van der Waals surface area contributed by atoms with Gasteiger partial charge in [0, 0.05) is 7.11 Å². The molecule has 6 heteroatoms. The standard InChI is InChI=1S/C13H22O6/c1-4-6-17-11-9(8-14)19-13(16-3)12(10(11)15)18-7-5-2/h4-5,9-15H,1-2,6-8H2,3H3/t9-,10+,11-,12-,13+/m1/s1. The van der Waals surface area contributed by atoms with E-state index in [1.54, 1.807) is 12.2 Å². The first kappa shape index (κ1) is 16.3. The molecule has 1 heterocycles. The van der Waals surface area contributed by atoms with Crippen LogP contribution in [0.3, 0.4) is 0 Å². The first-order valence-corrected chi connectivity index (χ1v) is 6.11. The van der Waals surface area contributed by atoms with Crippen LogP contribution < -0.4 is 0 Å². The third kappa shape index (κ3) is 4.10. The van der Waals surface area contributed by atoms with E-state index in [0.717, 1.165) is 0 Å². The van der Waals surface area contributed by atoms with Crippen molar-refractivity contribution in [2.45, 2.75) is 30.7 Å². The van der Waals surface area contributed by atoms with Gasteiger partial charge >= 0.3 is 0 Å². The molecule has 5 atom stereocenters. The van der Waals surface area contributed by atoms with Crippen molar-refractivity contribution in [3.63, 3.8) is 0 Å². The molecule has 1 saturated heterocycles. The Morgan fingerprint density at radius 3 is 2.21 bits per heavy atom. The second-order valence-corrected chi connectivity index (χ2v) is 4.13. The summed E-state index contributed by atoms with van der Waals surface area (Å²) >= 11 is 0. The molecule has 110 valence electrons. The lowest BCUT2D eigenvalue weighted by atomic mass is 9.98. The van der Waals surface area contributed by atoms with Gasteiger partial charge in [0.1, 0.15) is 24.4 Å². The van der Waals surface area contributed by atoms with Crippen LogP contribution in [0.5, 0.6) is 0 Å². The van der Waals surface area contributed by atoms with Crippen LogP contribution in [0.25, 0.3) is 0 Å². The van der Waals surface area contributed by atoms with Crippen LogP contribution in [0.1, 0.15) is 0 Å². The summed E-state index contributed by atoms with van der Waals surface area (Å²) in [6.45, 7) is 7.30. The van der Waals surface area contributed by atoms with E-state index in [-0.39, 0.29) is 19.8 Å². The highest BCUT2D eigenvalue weighted by atomic mass is 16.7. The van der Waals surface area contributed by atoms with Crippen LogP contribution in [0.2, 0.25) is 0 Å². The Morgan fingerprint density at radius 2 is 1.74 bits per heavy atom. The van der Waals surface area contributed by atoms with Crippen LogP contribution >= 0.6 is 0 Å². The van der Waals surface area contributed by atoms with Crippen molar-refractivity contribution >= 4 is 0 Å². The molecule has 6 nitrogen and oxygen atoms in total. The van der Waals surface area contributed by atoms with E-state index in [1.165, 1.54) is 7.11 Å². The van der Waals surface area contributed by atoms with Crippen molar-refractivity contribution in [2.24, 2.45) is 0 Å². The van der Waals surface area contributed by atoms with Gasteiger partial charge in [-0.05, 0) is 0 Å². The molecular formula is C13H22O6. The smallest absolute Gasteiger partial charge is 0.186 e. The molecule has 0 aliphatic carbocycles. The predicted octanol–water partition coefficient (Wildman–Crippen LogP) is -0.147. The first-order chi connectivity index (χ1) is 9.19. The van der Waals surface area contributed by atoms with Crippen LogP contribution in [0, 0.1) is 0 Å². The Kier molecular flexibility index (Phi) is 7.22. The van der Waals surface area contributed by atoms with Crippen LogP contribution in [0.15, 0.2) is 25.3 Å². The Balaban J connectivity index is 2.78. The summed E-state index contributed by atoms with van der Waals surface area (Å²) in [6, 6.07) is 0. The van der Waals surface area contributed by atoms with Gasteiger partial charge in [-0.3, -0.25) is 0 Å². The lowest BCUT2D eigenvalue weighted by Gasteiger charge is -2.42. The second kappa shape index (κ2) is 8.42. The number of ether oxygens (including phenoxy) is 4. The maximum absolute atomic E-state index is 10.3. The zero-order valence-corrected chi connectivity index (χ0v) is 11.1. The molecule has 0 unspecified atom stereocenters. The monoisotopic (exact) mass is 274 g/mol. The van der Waals surface area contributed by atoms with Crippen LogP contribution in [-0.2, 0) is 18.9 Å². The van der Waals surface area contributed by atoms with E-state index in [2.05, 4.69) is 13.2 Å². The second-order valence-electron chi connectivity index (χ2n) is 4.13. The SMILES string of the molecule is C=CCO[C@H]1[C@@H](OC)O[C@H](CO)[C@@H](OCC=C)[C@@H]1O. The van der Waals surface area contributed by atoms with Gasteiger partial charge in [-0.2, -0.15) is 0 Å². The first-order valence-electron chi connectivity index (χ1n) is 6.11. The van der Waals surface area contributed by atoms with Gasteiger partial charge in [0.25, 0.3) is 0 Å². The van der Waals surface area contributed by atoms with E-state index >= 15 is 0 Å². The van der Waals surface area contributed by atoms with Crippen LogP contribution in [-0.4, -0.2) is 67.8 Å². The van der Waals surface area contributed by atoms with Gasteiger partial charge in [-0.15, -0.1) is 13.2 Å². The summed E-state index contributed by atoms with van der Waals surface area (Å²) < 4.78 is 21.5. The molecule has 0 radical (unpaired) electrons. The Bertz CT molecular complexity index is 256. The number of hydrogen-bond acceptors (Lipinski definition) is 6. The third-order valence-corrected chi connectivity index (χ3v) is 2.84. The molecule has 0 amide bonds. The highest BCUT2D eigenvalue weighted by molar-refractivity contribution is 4.92. The van der Waals surface area contributed by atoms with Gasteiger partial charge in [0.2, 0.25) is 0 Å². The molecule has 2 N–H and O–H groups in total. The van der Waals surface area contributed by atoms with E-state index in [0.29, 0.717) is 0 Å². The van der Waals surface area contributed by atoms with Crippen molar-refractivity contribution < 1.29 is 29.2 Å². The maximum atomic E-state index is 10.3. The minimum atomic E-state index is -0.976. The van der Waals surface area contributed by atoms with Crippen molar-refractivity contribution in [1.29, 1.82) is 0 Å². The number of hydrogen-bond donors (Lipinski definition) is 2. The lowest BCUT2D eigenvalue weighted by Crippen LogP contribution is -2.60. The molecule has 1 aliphatic rings. The summed E-state index contributed by atoms with van der Waals surface area (Å²) in [4.78, 5) is 0. The molecule has 1 fully saturated rings. The number of rotatable bonds is 8. The van der Waals surface area contributed by atoms with Gasteiger partial charge in [-0.1, -0.05) is 12.2 Å². The van der Waals surface area contributed by atoms with Gasteiger partial charge in [0.15, 0.2) is 6.29 Å². The van der Waals surface area contributed by atoms with Crippen molar-refractivity contribution in [3.05, 3.63) is 25.3 Å². The zero-order chi connectivity index (χ0) is 14.3. The summed E-state index contributed by atoms with van der Waals surface area (Å²) in [7, 11) is 1.45. The molecule has 0 bridgehead atoms. The minimum absolute atomic E-state index is 0.243. The molecule has 19 heavy (non-hydrogen) atoms. The molecule has 0 aromatic rings. The van der Waals surface area contributed by atoms with E-state index in [4.69, 9.17) is 18.9 Å². The highest BCUT2D eigenvalue weighted by Gasteiger charge is 2.46. The van der Waals surface area contributed by atoms with E-state index in [9.17, 15) is 10.2 Å². The number of methoxy groups -OCH3 is 1. The fourth-order valence-corrected chi connectivity index (χ4v) is 1.97. The largest absolute Gasteiger partial charge is 0.394 e. The van der Waals surface area contributed by atoms with Crippen molar-refractivity contribution in [1.82, 2.24) is 0 Å². The molecule has 0 spiro atoms.